The number of aliphatic hydroxyl groups is 1. The average molecular weight is 1420 g/mol. The quantitative estimate of drug-likeness (QED) is 0.0222. The van der Waals surface area contributed by atoms with E-state index in [0.29, 0.717) is 25.7 Å². The number of ether oxygens (including phenoxy) is 4. The topological polar surface area (TPSA) is 237 Å². The minimum absolute atomic E-state index is 0.105. The molecule has 4 unspecified atom stereocenters. The van der Waals surface area contributed by atoms with Crippen LogP contribution in [0.3, 0.4) is 0 Å². The van der Waals surface area contributed by atoms with E-state index < -0.39 is 97.5 Å². The fraction of sp³-hybridized carbons (Fsp3) is 0.949. The molecule has 0 aromatic heterocycles. The van der Waals surface area contributed by atoms with E-state index >= 15 is 0 Å². The first kappa shape index (κ1) is 95.1. The molecule has 0 rings (SSSR count). The fourth-order valence-electron chi connectivity index (χ4n) is 11.9. The highest BCUT2D eigenvalue weighted by Crippen LogP contribution is 2.45. The Morgan fingerprint density at radius 1 is 0.289 bits per heavy atom. The maximum Gasteiger partial charge on any atom is 0.472 e. The van der Waals surface area contributed by atoms with Gasteiger partial charge in [-0.3, -0.25) is 37.3 Å². The number of phosphoric ester groups is 2. The summed E-state index contributed by atoms with van der Waals surface area (Å²) in [5, 5.41) is 10.6. The van der Waals surface area contributed by atoms with Crippen molar-refractivity contribution in [2.75, 3.05) is 39.6 Å². The number of unbranched alkanes of at least 4 members (excludes halogenated alkanes) is 45. The summed E-state index contributed by atoms with van der Waals surface area (Å²) in [5.41, 5.74) is 0. The first-order chi connectivity index (χ1) is 46.9. The minimum Gasteiger partial charge on any atom is -0.462 e. The maximum absolute atomic E-state index is 13.1. The SMILES string of the molecule is CCCCCCCCCCCCCCCCCC(=O)OC[C@H](COP(=O)(O)OC[C@@H](O)COP(=O)(O)OC[C@@H](COC(=O)CCCCCCCCCC)OC(=O)CCCCCCCCCCC(C)CC)OC(=O)CCCCCCCCCCCCCCCCCCCCC(C)CC. The van der Waals surface area contributed by atoms with Gasteiger partial charge < -0.3 is 33.8 Å². The third-order valence-electron chi connectivity index (χ3n) is 18.9. The Hall–Kier alpha value is -1.94. The first-order valence-electron chi connectivity index (χ1n) is 40.6. The van der Waals surface area contributed by atoms with Crippen molar-refractivity contribution in [3.8, 4) is 0 Å². The van der Waals surface area contributed by atoms with Crippen molar-refractivity contribution >= 4 is 39.5 Å². The van der Waals surface area contributed by atoms with Crippen LogP contribution in [-0.4, -0.2) is 96.7 Å². The number of rotatable bonds is 77. The van der Waals surface area contributed by atoms with Gasteiger partial charge in [0.15, 0.2) is 12.2 Å². The molecule has 0 heterocycles. The molecular formula is C78H152O17P2. The van der Waals surface area contributed by atoms with Crippen LogP contribution < -0.4 is 0 Å². The molecule has 19 heteroatoms. The Balaban J connectivity index is 5.18. The van der Waals surface area contributed by atoms with E-state index in [1.807, 2.05) is 0 Å². The van der Waals surface area contributed by atoms with Gasteiger partial charge in [-0.05, 0) is 37.5 Å². The van der Waals surface area contributed by atoms with Gasteiger partial charge in [0, 0.05) is 25.7 Å². The molecule has 0 aromatic rings. The number of phosphoric acid groups is 2. The second kappa shape index (κ2) is 69.8. The molecular weight excluding hydrogens is 1270 g/mol. The number of aliphatic hydroxyl groups excluding tert-OH is 1. The normalized spacial score (nSPS) is 14.5. The molecule has 0 aliphatic heterocycles. The molecule has 576 valence electrons. The van der Waals surface area contributed by atoms with Crippen molar-refractivity contribution in [2.45, 2.75) is 426 Å². The molecule has 97 heavy (non-hydrogen) atoms. The molecule has 0 radical (unpaired) electrons. The van der Waals surface area contributed by atoms with Gasteiger partial charge in [0.1, 0.15) is 19.3 Å². The van der Waals surface area contributed by atoms with Gasteiger partial charge in [0.05, 0.1) is 26.4 Å². The van der Waals surface area contributed by atoms with Gasteiger partial charge in [-0.2, -0.15) is 0 Å². The molecule has 3 N–H and O–H groups in total. The summed E-state index contributed by atoms with van der Waals surface area (Å²) in [6.45, 7) is 9.65. The van der Waals surface area contributed by atoms with Crippen molar-refractivity contribution in [1.29, 1.82) is 0 Å². The lowest BCUT2D eigenvalue weighted by Crippen LogP contribution is -2.30. The van der Waals surface area contributed by atoms with Gasteiger partial charge in [-0.25, -0.2) is 9.13 Å². The van der Waals surface area contributed by atoms with Crippen LogP contribution in [0.15, 0.2) is 0 Å². The second-order valence-corrected chi connectivity index (χ2v) is 31.5. The largest absolute Gasteiger partial charge is 0.472 e. The van der Waals surface area contributed by atoms with Crippen molar-refractivity contribution < 1.29 is 80.2 Å². The average Bonchev–Trinajstić information content (AvgIpc) is 1.07. The monoisotopic (exact) mass is 1420 g/mol. The molecule has 0 aliphatic carbocycles. The summed E-state index contributed by atoms with van der Waals surface area (Å²) in [7, 11) is -9.91. The van der Waals surface area contributed by atoms with Gasteiger partial charge in [0.25, 0.3) is 0 Å². The van der Waals surface area contributed by atoms with E-state index in [0.717, 1.165) is 108 Å². The van der Waals surface area contributed by atoms with Crippen LogP contribution in [0.2, 0.25) is 0 Å². The standard InChI is InChI=1S/C78H152O17P2/c1-7-11-13-15-17-19-20-21-26-30-33-36-43-49-55-61-76(81)89-67-74(94-77(82)62-56-50-44-37-34-31-28-25-23-22-24-27-29-32-35-40-46-52-58-70(5)9-3)69-93-97(86,87)91-65-72(79)64-90-96(84,85)92-68-73(66-88-75(80)60-54-48-42-18-16-14-12-8-2)95-78(83)63-57-51-45-39-38-41-47-53-59-71(6)10-4/h70-74,79H,7-69H2,1-6H3,(H,84,85)(H,86,87)/t70?,71?,72-,73+,74+/m0/s1. The summed E-state index contributed by atoms with van der Waals surface area (Å²) >= 11 is 0. The summed E-state index contributed by atoms with van der Waals surface area (Å²) < 4.78 is 68.5. The van der Waals surface area contributed by atoms with Crippen molar-refractivity contribution in [1.82, 2.24) is 0 Å². The van der Waals surface area contributed by atoms with E-state index in [9.17, 15) is 43.2 Å². The minimum atomic E-state index is -4.96. The van der Waals surface area contributed by atoms with E-state index in [1.54, 1.807) is 0 Å². The van der Waals surface area contributed by atoms with E-state index in [1.165, 1.54) is 218 Å². The number of carbonyl (C=O) groups excluding carboxylic acids is 4. The van der Waals surface area contributed by atoms with Crippen LogP contribution in [0.1, 0.15) is 408 Å². The summed E-state index contributed by atoms with van der Waals surface area (Å²) in [5.74, 6) is -0.476. The molecule has 0 bridgehead atoms. The zero-order chi connectivity index (χ0) is 71.4. The number of hydrogen-bond donors (Lipinski definition) is 3. The number of carbonyl (C=O) groups is 4. The summed E-state index contributed by atoms with van der Waals surface area (Å²) in [6.07, 6.45) is 58.3. The number of hydrogen-bond acceptors (Lipinski definition) is 15. The van der Waals surface area contributed by atoms with E-state index in [-0.39, 0.29) is 25.7 Å². The van der Waals surface area contributed by atoms with Crippen LogP contribution in [-0.2, 0) is 65.4 Å². The Bertz CT molecular complexity index is 1880. The molecule has 0 fully saturated rings. The highest BCUT2D eigenvalue weighted by atomic mass is 31.2. The smallest absolute Gasteiger partial charge is 0.462 e. The zero-order valence-electron chi connectivity index (χ0n) is 63.4. The second-order valence-electron chi connectivity index (χ2n) is 28.6. The van der Waals surface area contributed by atoms with Crippen LogP contribution >= 0.6 is 15.6 Å². The lowest BCUT2D eigenvalue weighted by atomic mass is 9.99. The van der Waals surface area contributed by atoms with E-state index in [4.69, 9.17) is 37.0 Å². The van der Waals surface area contributed by atoms with Crippen LogP contribution in [0, 0.1) is 11.8 Å². The molecule has 0 aromatic carbocycles. The predicted molar refractivity (Wildman–Crippen MR) is 395 cm³/mol. The molecule has 0 saturated carbocycles. The molecule has 0 saturated heterocycles. The zero-order valence-corrected chi connectivity index (χ0v) is 65.2. The van der Waals surface area contributed by atoms with Gasteiger partial charge in [0.2, 0.25) is 0 Å². The third-order valence-corrected chi connectivity index (χ3v) is 20.8. The maximum atomic E-state index is 13.1. The lowest BCUT2D eigenvalue weighted by Gasteiger charge is -2.21. The third kappa shape index (κ3) is 69.5. The summed E-state index contributed by atoms with van der Waals surface area (Å²) in [6, 6.07) is 0. The highest BCUT2D eigenvalue weighted by molar-refractivity contribution is 7.47. The number of esters is 4. The Kier molecular flexibility index (Phi) is 68.4. The van der Waals surface area contributed by atoms with Crippen LogP contribution in [0.5, 0.6) is 0 Å². The molecule has 7 atom stereocenters. The Morgan fingerprint density at radius 2 is 0.495 bits per heavy atom. The Labute approximate surface area is 594 Å². The first-order valence-corrected chi connectivity index (χ1v) is 43.6. The van der Waals surface area contributed by atoms with Crippen molar-refractivity contribution in [2.24, 2.45) is 11.8 Å². The van der Waals surface area contributed by atoms with Crippen molar-refractivity contribution in [3.05, 3.63) is 0 Å². The fourth-order valence-corrected chi connectivity index (χ4v) is 13.5. The molecule has 0 amide bonds. The lowest BCUT2D eigenvalue weighted by molar-refractivity contribution is -0.161. The molecule has 0 aliphatic rings. The van der Waals surface area contributed by atoms with Crippen LogP contribution in [0.25, 0.3) is 0 Å². The highest BCUT2D eigenvalue weighted by Gasteiger charge is 2.30. The van der Waals surface area contributed by atoms with E-state index in [2.05, 4.69) is 41.5 Å². The van der Waals surface area contributed by atoms with Crippen molar-refractivity contribution in [3.63, 3.8) is 0 Å². The van der Waals surface area contributed by atoms with Gasteiger partial charge in [-0.1, -0.05) is 356 Å². The molecule has 0 spiro atoms. The van der Waals surface area contributed by atoms with Gasteiger partial charge in [-0.15, -0.1) is 0 Å². The predicted octanol–water partition coefficient (Wildman–Crippen LogP) is 23.1. The Morgan fingerprint density at radius 3 is 0.732 bits per heavy atom. The van der Waals surface area contributed by atoms with Gasteiger partial charge >= 0.3 is 39.5 Å². The molecule has 17 nitrogen and oxygen atoms in total. The summed E-state index contributed by atoms with van der Waals surface area (Å²) in [4.78, 5) is 72.8. The van der Waals surface area contributed by atoms with Crippen LogP contribution in [0.4, 0.5) is 0 Å².